The molecule has 10 heteroatoms. The molecule has 2 amide bonds. The minimum absolute atomic E-state index is 0.0746. The van der Waals surface area contributed by atoms with Crippen LogP contribution in [0.4, 0.5) is 5.69 Å². The largest absolute Gasteiger partial charge is 0.469 e. The number of rotatable bonds is 5. The molecule has 3 aromatic carbocycles. The zero-order chi connectivity index (χ0) is 28.1. The monoisotopic (exact) mass is 567 g/mol. The highest BCUT2D eigenvalue weighted by Crippen LogP contribution is 2.43. The zero-order valence-electron chi connectivity index (χ0n) is 22.1. The fourth-order valence-electron chi connectivity index (χ4n) is 5.67. The fourth-order valence-corrected chi connectivity index (χ4v) is 6.67. The summed E-state index contributed by atoms with van der Waals surface area (Å²) < 4.78 is 16.7. The van der Waals surface area contributed by atoms with Crippen LogP contribution in [0.2, 0.25) is 0 Å². The highest BCUT2D eigenvalue weighted by atomic mass is 32.1. The number of carbonyl (C=O) groups is 3. The number of carbonyl (C=O) groups excluding carboxylic acids is 3. The van der Waals surface area contributed by atoms with E-state index >= 15 is 0 Å². The predicted molar refractivity (Wildman–Crippen MR) is 155 cm³/mol. The first-order chi connectivity index (χ1) is 20.0. The number of amides is 2. The number of aromatic amines is 1. The van der Waals surface area contributed by atoms with E-state index in [0.29, 0.717) is 28.6 Å². The minimum atomic E-state index is -0.608. The van der Waals surface area contributed by atoms with E-state index in [0.717, 1.165) is 33.3 Å². The van der Waals surface area contributed by atoms with Gasteiger partial charge >= 0.3 is 5.97 Å². The van der Waals surface area contributed by atoms with Crippen molar-refractivity contribution in [2.45, 2.75) is 18.9 Å². The Morgan fingerprint density at radius 3 is 2.78 bits per heavy atom. The molecule has 0 fully saturated rings. The summed E-state index contributed by atoms with van der Waals surface area (Å²) in [6.07, 6.45) is 0.362. The van der Waals surface area contributed by atoms with Gasteiger partial charge in [-0.2, -0.15) is 0 Å². The number of hydrogen-bond donors (Lipinski definition) is 2. The lowest BCUT2D eigenvalue weighted by Gasteiger charge is -2.36. The molecule has 5 aromatic rings. The van der Waals surface area contributed by atoms with Gasteiger partial charge in [-0.3, -0.25) is 14.4 Å². The number of ether oxygens (including phenoxy) is 3. The third-order valence-electron chi connectivity index (χ3n) is 7.55. The standard InChI is InChI=1S/C31H25N3O6S/c1-38-28(36)15-27(35)32-19-7-9-25-18(12-19)14-26(41-25)31(37)34-11-10-21-20-4-2-3-5-22(20)33-29(21)30(34)17-6-8-23-24(13-17)40-16-39-23/h2-9,12-14,30,33H,10-11,15-16H2,1H3,(H,32,35). The van der Waals surface area contributed by atoms with Crippen molar-refractivity contribution in [3.63, 3.8) is 0 Å². The summed E-state index contributed by atoms with van der Waals surface area (Å²) in [6, 6.07) is 21.0. The number of nitrogens with zero attached hydrogens (tertiary/aromatic N) is 1. The molecular formula is C31H25N3O6S. The SMILES string of the molecule is COC(=O)CC(=O)Nc1ccc2sc(C(=O)N3CCc4c([nH]c5ccccc45)C3c3ccc4c(c3)OCO4)cc2c1. The highest BCUT2D eigenvalue weighted by Gasteiger charge is 2.36. The zero-order valence-corrected chi connectivity index (χ0v) is 22.9. The van der Waals surface area contributed by atoms with E-state index in [-0.39, 0.29) is 25.2 Å². The molecule has 9 nitrogen and oxygen atoms in total. The molecule has 2 aliphatic rings. The third-order valence-corrected chi connectivity index (χ3v) is 8.66. The number of hydrogen-bond acceptors (Lipinski definition) is 7. The van der Waals surface area contributed by atoms with Crippen LogP contribution in [0.3, 0.4) is 0 Å². The molecule has 0 spiro atoms. The first-order valence-electron chi connectivity index (χ1n) is 13.2. The van der Waals surface area contributed by atoms with Crippen molar-refractivity contribution >= 4 is 55.8 Å². The summed E-state index contributed by atoms with van der Waals surface area (Å²) in [5.74, 6) is 0.218. The van der Waals surface area contributed by atoms with Gasteiger partial charge in [0.05, 0.1) is 18.0 Å². The molecule has 41 heavy (non-hydrogen) atoms. The molecule has 0 radical (unpaired) electrons. The van der Waals surface area contributed by atoms with Gasteiger partial charge in [0.15, 0.2) is 11.5 Å². The number of para-hydroxylation sites is 1. The van der Waals surface area contributed by atoms with E-state index in [1.54, 1.807) is 12.1 Å². The van der Waals surface area contributed by atoms with Crippen LogP contribution < -0.4 is 14.8 Å². The Kier molecular flexibility index (Phi) is 6.12. The van der Waals surface area contributed by atoms with Crippen LogP contribution in [0.5, 0.6) is 11.5 Å². The fraction of sp³-hybridized carbons (Fsp3) is 0.194. The Labute approximate surface area is 238 Å². The van der Waals surface area contributed by atoms with Gasteiger partial charge in [0.25, 0.3) is 5.91 Å². The number of nitrogens with one attached hydrogen (secondary N) is 2. The summed E-state index contributed by atoms with van der Waals surface area (Å²) in [5, 5.41) is 4.72. The van der Waals surface area contributed by atoms with E-state index in [4.69, 9.17) is 9.47 Å². The van der Waals surface area contributed by atoms with E-state index in [9.17, 15) is 14.4 Å². The molecule has 0 aliphatic carbocycles. The highest BCUT2D eigenvalue weighted by molar-refractivity contribution is 7.20. The quantitative estimate of drug-likeness (QED) is 0.217. The molecule has 2 N–H and O–H groups in total. The molecule has 0 bridgehead atoms. The first-order valence-corrected chi connectivity index (χ1v) is 14.0. The van der Waals surface area contributed by atoms with Crippen molar-refractivity contribution in [3.8, 4) is 11.5 Å². The second-order valence-corrected chi connectivity index (χ2v) is 11.1. The molecule has 1 atom stereocenters. The number of fused-ring (bicyclic) bond motifs is 5. The summed E-state index contributed by atoms with van der Waals surface area (Å²) in [5.41, 5.74) is 4.74. The second kappa shape index (κ2) is 9.97. The number of methoxy groups -OCH3 is 1. The molecule has 1 unspecified atom stereocenters. The number of benzene rings is 3. The van der Waals surface area contributed by atoms with E-state index < -0.39 is 11.9 Å². The lowest BCUT2D eigenvalue weighted by molar-refractivity contribution is -0.142. The van der Waals surface area contributed by atoms with Gasteiger partial charge in [-0.1, -0.05) is 24.3 Å². The Morgan fingerprint density at radius 2 is 1.90 bits per heavy atom. The maximum absolute atomic E-state index is 14.2. The van der Waals surface area contributed by atoms with E-state index in [1.165, 1.54) is 29.4 Å². The molecule has 2 aliphatic heterocycles. The van der Waals surface area contributed by atoms with Crippen LogP contribution in [-0.2, 0) is 20.7 Å². The van der Waals surface area contributed by atoms with Crippen LogP contribution in [0, 0.1) is 0 Å². The molecule has 2 aromatic heterocycles. The maximum atomic E-state index is 14.2. The number of H-pyrrole nitrogens is 1. The molecule has 206 valence electrons. The van der Waals surface area contributed by atoms with Crippen LogP contribution in [-0.4, -0.2) is 48.1 Å². The molecular weight excluding hydrogens is 542 g/mol. The average molecular weight is 568 g/mol. The van der Waals surface area contributed by atoms with E-state index in [2.05, 4.69) is 27.2 Å². The van der Waals surface area contributed by atoms with Gasteiger partial charge in [0.1, 0.15) is 6.42 Å². The Hall–Kier alpha value is -4.83. The summed E-state index contributed by atoms with van der Waals surface area (Å²) >= 11 is 1.41. The lowest BCUT2D eigenvalue weighted by atomic mass is 9.92. The maximum Gasteiger partial charge on any atom is 0.315 e. The topological polar surface area (TPSA) is 110 Å². The molecule has 7 rings (SSSR count). The van der Waals surface area contributed by atoms with Crippen LogP contribution in [0.15, 0.2) is 66.7 Å². The second-order valence-electron chi connectivity index (χ2n) is 9.99. The van der Waals surface area contributed by atoms with Crippen molar-refractivity contribution in [2.24, 2.45) is 0 Å². The van der Waals surface area contributed by atoms with E-state index in [1.807, 2.05) is 47.4 Å². The van der Waals surface area contributed by atoms with Gasteiger partial charge in [0, 0.05) is 33.5 Å². The van der Waals surface area contributed by atoms with Gasteiger partial charge in [-0.15, -0.1) is 11.3 Å². The Morgan fingerprint density at radius 1 is 1.05 bits per heavy atom. The van der Waals surface area contributed by atoms with Gasteiger partial charge < -0.3 is 29.4 Å². The Balaban J connectivity index is 1.24. The van der Waals surface area contributed by atoms with Crippen LogP contribution >= 0.6 is 11.3 Å². The van der Waals surface area contributed by atoms with Crippen molar-refractivity contribution in [1.82, 2.24) is 9.88 Å². The predicted octanol–water partition coefficient (Wildman–Crippen LogP) is 5.40. The van der Waals surface area contributed by atoms with Crippen LogP contribution in [0.1, 0.15) is 39.0 Å². The van der Waals surface area contributed by atoms with Crippen molar-refractivity contribution in [1.29, 1.82) is 0 Å². The van der Waals surface area contributed by atoms with Crippen molar-refractivity contribution < 1.29 is 28.6 Å². The summed E-state index contributed by atoms with van der Waals surface area (Å²) in [7, 11) is 1.24. The molecule has 4 heterocycles. The number of thiophene rings is 1. The normalized spacial score (nSPS) is 15.6. The van der Waals surface area contributed by atoms with Gasteiger partial charge in [0.2, 0.25) is 12.7 Å². The average Bonchev–Trinajstić information content (AvgIpc) is 3.72. The van der Waals surface area contributed by atoms with Crippen molar-refractivity contribution in [2.75, 3.05) is 25.8 Å². The lowest BCUT2D eigenvalue weighted by Crippen LogP contribution is -2.40. The third kappa shape index (κ3) is 4.46. The van der Waals surface area contributed by atoms with Crippen LogP contribution in [0.25, 0.3) is 21.0 Å². The van der Waals surface area contributed by atoms with Crippen molar-refractivity contribution in [3.05, 3.63) is 88.4 Å². The summed E-state index contributed by atoms with van der Waals surface area (Å²) in [6.45, 7) is 0.729. The summed E-state index contributed by atoms with van der Waals surface area (Å²) in [4.78, 5) is 43.9. The number of anilines is 1. The smallest absolute Gasteiger partial charge is 0.315 e. The first kappa shape index (κ1) is 25.2. The number of esters is 1. The van der Waals surface area contributed by atoms with Gasteiger partial charge in [-0.05, 0) is 65.4 Å². The van der Waals surface area contributed by atoms with Gasteiger partial charge in [-0.25, -0.2) is 0 Å². The minimum Gasteiger partial charge on any atom is -0.469 e. The molecule has 0 saturated carbocycles. The Bertz CT molecular complexity index is 1860. The number of aromatic nitrogens is 1. The molecule has 0 saturated heterocycles.